The van der Waals surface area contributed by atoms with Gasteiger partial charge in [-0.05, 0) is 66.0 Å². The summed E-state index contributed by atoms with van der Waals surface area (Å²) in [6.07, 6.45) is 5.81. The van der Waals surface area contributed by atoms with Crippen LogP contribution in [0.15, 0.2) is 23.6 Å². The molecule has 0 bridgehead atoms. The maximum absolute atomic E-state index is 9.27. The SMILES string of the molecule is CC1(C)CCC(C)(C)c2cc(-c3csc(N4CCCC(CCO)C4)n3)ccc21. The molecule has 1 N–H and O–H groups in total. The number of hydrogen-bond acceptors (Lipinski definition) is 4. The molecule has 4 rings (SSSR count). The fourth-order valence-electron chi connectivity index (χ4n) is 4.95. The van der Waals surface area contributed by atoms with Crippen LogP contribution >= 0.6 is 11.3 Å². The predicted octanol–water partition coefficient (Wildman–Crippen LogP) is 5.76. The number of nitrogens with zero attached hydrogens (tertiary/aromatic N) is 2. The zero-order valence-corrected chi connectivity index (χ0v) is 18.6. The van der Waals surface area contributed by atoms with Gasteiger partial charge in [0.2, 0.25) is 0 Å². The summed E-state index contributed by atoms with van der Waals surface area (Å²) in [6, 6.07) is 7.02. The molecule has 1 saturated heterocycles. The molecule has 0 amide bonds. The summed E-state index contributed by atoms with van der Waals surface area (Å²) in [5.41, 5.74) is 5.83. The average molecular weight is 399 g/mol. The normalized spacial score (nSPS) is 23.5. The summed E-state index contributed by atoms with van der Waals surface area (Å²) < 4.78 is 0. The second kappa shape index (κ2) is 7.46. The number of thiazole rings is 1. The summed E-state index contributed by atoms with van der Waals surface area (Å²) in [6.45, 7) is 11.9. The molecule has 1 aliphatic carbocycles. The lowest BCUT2D eigenvalue weighted by atomic mass is 9.63. The van der Waals surface area contributed by atoms with Crippen molar-refractivity contribution in [2.45, 2.75) is 70.6 Å². The molecule has 1 fully saturated rings. The van der Waals surface area contributed by atoms with Crippen LogP contribution in [0.1, 0.15) is 70.9 Å². The minimum atomic E-state index is 0.226. The van der Waals surface area contributed by atoms with Crippen LogP contribution in [-0.2, 0) is 10.8 Å². The topological polar surface area (TPSA) is 36.4 Å². The number of aliphatic hydroxyl groups is 1. The largest absolute Gasteiger partial charge is 0.396 e. The van der Waals surface area contributed by atoms with Crippen LogP contribution in [0, 0.1) is 5.92 Å². The molecule has 2 heterocycles. The summed E-state index contributed by atoms with van der Waals surface area (Å²) >= 11 is 1.76. The Morgan fingerprint density at radius 1 is 1.14 bits per heavy atom. The van der Waals surface area contributed by atoms with Crippen molar-refractivity contribution in [3.63, 3.8) is 0 Å². The third-order valence-electron chi connectivity index (χ3n) is 6.97. The second-order valence-corrected chi connectivity index (χ2v) is 10.8. The molecule has 152 valence electrons. The standard InChI is InChI=1S/C24H34N2OS/c1-23(2)10-11-24(3,4)20-14-18(7-8-19(20)23)21-16-28-22(25-21)26-12-5-6-17(15-26)9-13-27/h7-8,14,16-17,27H,5-6,9-13,15H2,1-4H3. The zero-order chi connectivity index (χ0) is 19.9. The van der Waals surface area contributed by atoms with Crippen molar-refractivity contribution in [3.05, 3.63) is 34.7 Å². The van der Waals surface area contributed by atoms with E-state index in [0.29, 0.717) is 12.5 Å². The number of anilines is 1. The molecular formula is C24H34N2OS. The van der Waals surface area contributed by atoms with Crippen molar-refractivity contribution in [2.75, 3.05) is 24.6 Å². The highest BCUT2D eigenvalue weighted by Gasteiger charge is 2.37. The van der Waals surface area contributed by atoms with E-state index in [-0.39, 0.29) is 10.8 Å². The Kier molecular flexibility index (Phi) is 5.30. The number of benzene rings is 1. The van der Waals surface area contributed by atoms with Gasteiger partial charge >= 0.3 is 0 Å². The molecule has 4 heteroatoms. The minimum Gasteiger partial charge on any atom is -0.396 e. The first-order valence-electron chi connectivity index (χ1n) is 10.8. The van der Waals surface area contributed by atoms with Crippen LogP contribution in [0.4, 0.5) is 5.13 Å². The summed E-state index contributed by atoms with van der Waals surface area (Å²) in [4.78, 5) is 7.43. The molecule has 2 aliphatic rings. The first-order chi connectivity index (χ1) is 13.3. The van der Waals surface area contributed by atoms with E-state index < -0.39 is 0 Å². The van der Waals surface area contributed by atoms with Crippen molar-refractivity contribution in [3.8, 4) is 11.3 Å². The van der Waals surface area contributed by atoms with Crippen LogP contribution < -0.4 is 4.90 Å². The van der Waals surface area contributed by atoms with Crippen LogP contribution in [0.2, 0.25) is 0 Å². The third-order valence-corrected chi connectivity index (χ3v) is 7.87. The van der Waals surface area contributed by atoms with Gasteiger partial charge in [0, 0.05) is 30.6 Å². The number of rotatable bonds is 4. The summed E-state index contributed by atoms with van der Waals surface area (Å²) in [5.74, 6) is 0.595. The lowest BCUT2D eigenvalue weighted by Gasteiger charge is -2.42. The smallest absolute Gasteiger partial charge is 0.185 e. The van der Waals surface area contributed by atoms with E-state index in [4.69, 9.17) is 4.98 Å². The summed E-state index contributed by atoms with van der Waals surface area (Å²) in [7, 11) is 0. The van der Waals surface area contributed by atoms with Gasteiger partial charge in [0.25, 0.3) is 0 Å². The van der Waals surface area contributed by atoms with Crippen molar-refractivity contribution < 1.29 is 5.11 Å². The van der Waals surface area contributed by atoms with Gasteiger partial charge in [-0.25, -0.2) is 4.98 Å². The van der Waals surface area contributed by atoms with Crippen molar-refractivity contribution >= 4 is 16.5 Å². The molecule has 2 aromatic rings. The molecule has 1 unspecified atom stereocenters. The molecule has 0 saturated carbocycles. The molecule has 28 heavy (non-hydrogen) atoms. The lowest BCUT2D eigenvalue weighted by Crippen LogP contribution is -2.35. The van der Waals surface area contributed by atoms with Gasteiger partial charge in [-0.3, -0.25) is 0 Å². The number of hydrogen-bond donors (Lipinski definition) is 1. The quantitative estimate of drug-likeness (QED) is 0.711. The first-order valence-corrected chi connectivity index (χ1v) is 11.6. The molecule has 1 aromatic heterocycles. The van der Waals surface area contributed by atoms with Gasteiger partial charge in [0.05, 0.1) is 5.69 Å². The molecule has 0 spiro atoms. The van der Waals surface area contributed by atoms with Gasteiger partial charge in [0.1, 0.15) is 0 Å². The Bertz CT molecular complexity index is 837. The second-order valence-electron chi connectivity index (χ2n) is 10.0. The van der Waals surface area contributed by atoms with E-state index in [1.54, 1.807) is 11.3 Å². The van der Waals surface area contributed by atoms with E-state index in [2.05, 4.69) is 56.2 Å². The minimum absolute atomic E-state index is 0.226. The molecular weight excluding hydrogens is 364 g/mol. The van der Waals surface area contributed by atoms with Crippen molar-refractivity contribution in [1.82, 2.24) is 4.98 Å². The fourth-order valence-corrected chi connectivity index (χ4v) is 5.82. The van der Waals surface area contributed by atoms with E-state index in [1.807, 2.05) is 0 Å². The number of piperidine rings is 1. The van der Waals surface area contributed by atoms with Gasteiger partial charge in [-0.1, -0.05) is 39.8 Å². The molecule has 1 aliphatic heterocycles. The predicted molar refractivity (Wildman–Crippen MR) is 119 cm³/mol. The Labute approximate surface area is 173 Å². The van der Waals surface area contributed by atoms with Gasteiger partial charge in [-0.2, -0.15) is 0 Å². The van der Waals surface area contributed by atoms with Crippen molar-refractivity contribution in [2.24, 2.45) is 5.92 Å². The van der Waals surface area contributed by atoms with Gasteiger partial charge in [0.15, 0.2) is 5.13 Å². The van der Waals surface area contributed by atoms with E-state index in [0.717, 1.165) is 30.3 Å². The number of fused-ring (bicyclic) bond motifs is 1. The highest BCUT2D eigenvalue weighted by molar-refractivity contribution is 7.14. The Hall–Kier alpha value is -1.39. The van der Waals surface area contributed by atoms with Crippen LogP contribution in [-0.4, -0.2) is 29.8 Å². The van der Waals surface area contributed by atoms with Crippen LogP contribution in [0.5, 0.6) is 0 Å². The van der Waals surface area contributed by atoms with Gasteiger partial charge in [-0.15, -0.1) is 11.3 Å². The monoisotopic (exact) mass is 398 g/mol. The van der Waals surface area contributed by atoms with Gasteiger partial charge < -0.3 is 10.0 Å². The van der Waals surface area contributed by atoms with E-state index >= 15 is 0 Å². The Morgan fingerprint density at radius 2 is 1.89 bits per heavy atom. The highest BCUT2D eigenvalue weighted by Crippen LogP contribution is 2.47. The maximum Gasteiger partial charge on any atom is 0.185 e. The van der Waals surface area contributed by atoms with Crippen LogP contribution in [0.25, 0.3) is 11.3 Å². The summed E-state index contributed by atoms with van der Waals surface area (Å²) in [5, 5.41) is 12.6. The maximum atomic E-state index is 9.27. The number of aromatic nitrogens is 1. The zero-order valence-electron chi connectivity index (χ0n) is 17.8. The van der Waals surface area contributed by atoms with Crippen molar-refractivity contribution in [1.29, 1.82) is 0 Å². The lowest BCUT2D eigenvalue weighted by molar-refractivity contribution is 0.244. The highest BCUT2D eigenvalue weighted by atomic mass is 32.1. The molecule has 3 nitrogen and oxygen atoms in total. The molecule has 1 atom stereocenters. The average Bonchev–Trinajstić information content (AvgIpc) is 3.16. The fraction of sp³-hybridized carbons (Fsp3) is 0.625. The van der Waals surface area contributed by atoms with E-state index in [9.17, 15) is 5.11 Å². The molecule has 0 radical (unpaired) electrons. The molecule has 1 aromatic carbocycles. The number of aliphatic hydroxyl groups excluding tert-OH is 1. The van der Waals surface area contributed by atoms with Crippen LogP contribution in [0.3, 0.4) is 0 Å². The third kappa shape index (κ3) is 3.73. The first kappa shape index (κ1) is 19.9. The van der Waals surface area contributed by atoms with E-state index in [1.165, 1.54) is 42.4 Å². The Morgan fingerprint density at radius 3 is 2.64 bits per heavy atom. The Balaban J connectivity index is 1.61.